The highest BCUT2D eigenvalue weighted by Gasteiger charge is 2.46. The van der Waals surface area contributed by atoms with Crippen molar-refractivity contribution in [1.82, 2.24) is 5.32 Å². The van der Waals surface area contributed by atoms with Crippen LogP contribution in [0.4, 0.5) is 0 Å². The lowest BCUT2D eigenvalue weighted by atomic mass is 9.91. The molecule has 0 atom stereocenters. The van der Waals surface area contributed by atoms with Crippen molar-refractivity contribution in [3.63, 3.8) is 0 Å². The van der Waals surface area contributed by atoms with Gasteiger partial charge in [0.2, 0.25) is 0 Å². The summed E-state index contributed by atoms with van der Waals surface area (Å²) in [5.41, 5.74) is 0.141. The number of hydrogen-bond acceptors (Lipinski definition) is 5. The molecule has 0 bridgehead atoms. The Labute approximate surface area is 81.9 Å². The molecular formula is C7H11ClN2O3. The second-order valence-corrected chi connectivity index (χ2v) is 3.08. The smallest absolute Gasteiger partial charge is 0.355 e. The number of carbonyl (C=O) groups excluding carboxylic acids is 1. The number of oxime groups is 1. The van der Waals surface area contributed by atoms with Crippen molar-refractivity contribution < 1.29 is 14.4 Å². The van der Waals surface area contributed by atoms with Crippen molar-refractivity contribution in [3.8, 4) is 0 Å². The third kappa shape index (κ3) is 1.62. The van der Waals surface area contributed by atoms with E-state index in [-0.39, 0.29) is 18.0 Å². The first-order valence-corrected chi connectivity index (χ1v) is 3.80. The maximum absolute atomic E-state index is 11.0. The zero-order valence-corrected chi connectivity index (χ0v) is 8.02. The van der Waals surface area contributed by atoms with Crippen LogP contribution in [0.15, 0.2) is 5.16 Å². The molecule has 0 aromatic heterocycles. The SMILES string of the molecule is COC(=O)C1=NOC2(CNC2)C1.Cl. The maximum atomic E-state index is 11.0. The van der Waals surface area contributed by atoms with Crippen LogP contribution in [0.5, 0.6) is 0 Å². The molecule has 0 aromatic carbocycles. The molecular weight excluding hydrogens is 196 g/mol. The van der Waals surface area contributed by atoms with Gasteiger partial charge in [-0.1, -0.05) is 5.16 Å². The van der Waals surface area contributed by atoms with Gasteiger partial charge in [-0.2, -0.15) is 0 Å². The van der Waals surface area contributed by atoms with Gasteiger partial charge in [-0.15, -0.1) is 12.4 Å². The molecule has 13 heavy (non-hydrogen) atoms. The van der Waals surface area contributed by atoms with Crippen molar-refractivity contribution in [2.24, 2.45) is 5.16 Å². The molecule has 1 N–H and O–H groups in total. The zero-order chi connectivity index (χ0) is 8.60. The molecule has 1 spiro atoms. The van der Waals surface area contributed by atoms with Gasteiger partial charge in [0.1, 0.15) is 0 Å². The standard InChI is InChI=1S/C7H10N2O3.ClH/c1-11-6(10)5-2-7(12-9-5)3-8-4-7;/h8H,2-4H2,1H3;1H. The van der Waals surface area contributed by atoms with E-state index in [0.29, 0.717) is 12.1 Å². The number of hydrogen-bond donors (Lipinski definition) is 1. The largest absolute Gasteiger partial charge is 0.464 e. The topological polar surface area (TPSA) is 59.9 Å². The molecule has 0 aromatic rings. The van der Waals surface area contributed by atoms with Crippen molar-refractivity contribution >= 4 is 24.1 Å². The normalized spacial score (nSPS) is 22.4. The minimum Gasteiger partial charge on any atom is -0.464 e. The molecule has 0 amide bonds. The fourth-order valence-corrected chi connectivity index (χ4v) is 1.34. The Morgan fingerprint density at radius 1 is 1.69 bits per heavy atom. The highest BCUT2D eigenvalue weighted by molar-refractivity contribution is 6.36. The zero-order valence-electron chi connectivity index (χ0n) is 7.20. The molecule has 1 saturated heterocycles. The van der Waals surface area contributed by atoms with Crippen molar-refractivity contribution in [3.05, 3.63) is 0 Å². The highest BCUT2D eigenvalue weighted by atomic mass is 35.5. The summed E-state index contributed by atoms with van der Waals surface area (Å²) in [4.78, 5) is 16.1. The van der Waals surface area contributed by atoms with Gasteiger partial charge in [-0.05, 0) is 0 Å². The predicted octanol–water partition coefficient (Wildman–Crippen LogP) is -0.301. The van der Waals surface area contributed by atoms with E-state index in [1.165, 1.54) is 7.11 Å². The molecule has 0 saturated carbocycles. The van der Waals surface area contributed by atoms with Crippen LogP contribution in [0.1, 0.15) is 6.42 Å². The van der Waals surface area contributed by atoms with Crippen LogP contribution in [-0.4, -0.2) is 37.5 Å². The quantitative estimate of drug-likeness (QED) is 0.599. The Morgan fingerprint density at radius 2 is 2.38 bits per heavy atom. The van der Waals surface area contributed by atoms with Gasteiger partial charge in [0.25, 0.3) is 0 Å². The van der Waals surface area contributed by atoms with Gasteiger partial charge in [0.15, 0.2) is 11.3 Å². The minimum absolute atomic E-state index is 0. The van der Waals surface area contributed by atoms with E-state index in [9.17, 15) is 4.79 Å². The van der Waals surface area contributed by atoms with Gasteiger partial charge < -0.3 is 14.9 Å². The first kappa shape index (κ1) is 10.3. The lowest BCUT2D eigenvalue weighted by Gasteiger charge is -2.35. The second-order valence-electron chi connectivity index (χ2n) is 3.08. The van der Waals surface area contributed by atoms with Gasteiger partial charge in [0, 0.05) is 19.5 Å². The van der Waals surface area contributed by atoms with Gasteiger partial charge in [0.05, 0.1) is 7.11 Å². The Bertz CT molecular complexity index is 250. The Morgan fingerprint density at radius 3 is 2.77 bits per heavy atom. The molecule has 2 rings (SSSR count). The van der Waals surface area contributed by atoms with Crippen molar-refractivity contribution in [1.29, 1.82) is 0 Å². The first-order valence-electron chi connectivity index (χ1n) is 3.80. The summed E-state index contributed by atoms with van der Waals surface area (Å²) < 4.78 is 4.53. The van der Waals surface area contributed by atoms with Gasteiger partial charge in [-0.3, -0.25) is 0 Å². The summed E-state index contributed by atoms with van der Waals surface area (Å²) in [5.74, 6) is -0.390. The van der Waals surface area contributed by atoms with E-state index in [0.717, 1.165) is 13.1 Å². The molecule has 2 heterocycles. The summed E-state index contributed by atoms with van der Waals surface area (Å²) in [6, 6.07) is 0. The van der Waals surface area contributed by atoms with E-state index in [4.69, 9.17) is 4.84 Å². The van der Waals surface area contributed by atoms with E-state index in [2.05, 4.69) is 15.2 Å². The van der Waals surface area contributed by atoms with E-state index in [1.807, 2.05) is 0 Å². The van der Waals surface area contributed by atoms with Crippen LogP contribution in [0.25, 0.3) is 0 Å². The van der Waals surface area contributed by atoms with E-state index < -0.39 is 5.97 Å². The average Bonchev–Trinajstić information content (AvgIpc) is 2.46. The van der Waals surface area contributed by atoms with Gasteiger partial charge in [-0.25, -0.2) is 4.79 Å². The fourth-order valence-electron chi connectivity index (χ4n) is 1.34. The average molecular weight is 207 g/mol. The van der Waals surface area contributed by atoms with Crippen LogP contribution in [0.2, 0.25) is 0 Å². The molecule has 0 unspecified atom stereocenters. The van der Waals surface area contributed by atoms with E-state index >= 15 is 0 Å². The molecule has 0 radical (unpaired) electrons. The first-order chi connectivity index (χ1) is 5.76. The Balaban J connectivity index is 0.000000845. The molecule has 1 fully saturated rings. The second kappa shape index (κ2) is 3.51. The lowest BCUT2D eigenvalue weighted by Crippen LogP contribution is -2.59. The van der Waals surface area contributed by atoms with Crippen LogP contribution in [0, 0.1) is 0 Å². The molecule has 2 aliphatic heterocycles. The number of methoxy groups -OCH3 is 1. The lowest BCUT2D eigenvalue weighted by molar-refractivity contribution is -0.132. The summed E-state index contributed by atoms with van der Waals surface area (Å²) in [6.45, 7) is 1.52. The number of nitrogens with zero attached hydrogens (tertiary/aromatic N) is 1. The van der Waals surface area contributed by atoms with Gasteiger partial charge >= 0.3 is 5.97 Å². The summed E-state index contributed by atoms with van der Waals surface area (Å²) >= 11 is 0. The van der Waals surface area contributed by atoms with Crippen LogP contribution in [0.3, 0.4) is 0 Å². The molecule has 6 heteroatoms. The molecule has 5 nitrogen and oxygen atoms in total. The maximum Gasteiger partial charge on any atom is 0.355 e. The number of esters is 1. The fraction of sp³-hybridized carbons (Fsp3) is 0.714. The Hall–Kier alpha value is -0.810. The predicted molar refractivity (Wildman–Crippen MR) is 48.0 cm³/mol. The number of nitrogens with one attached hydrogen (secondary N) is 1. The van der Waals surface area contributed by atoms with E-state index in [1.54, 1.807) is 0 Å². The third-order valence-electron chi connectivity index (χ3n) is 2.15. The molecule has 2 aliphatic rings. The number of halogens is 1. The summed E-state index contributed by atoms with van der Waals surface area (Å²) in [5, 5.41) is 6.75. The third-order valence-corrected chi connectivity index (χ3v) is 2.15. The van der Waals surface area contributed by atoms with Crippen LogP contribution < -0.4 is 5.32 Å². The van der Waals surface area contributed by atoms with Crippen molar-refractivity contribution in [2.75, 3.05) is 20.2 Å². The number of ether oxygens (including phenoxy) is 1. The monoisotopic (exact) mass is 206 g/mol. The Kier molecular flexibility index (Phi) is 2.77. The summed E-state index contributed by atoms with van der Waals surface area (Å²) in [7, 11) is 1.34. The number of rotatable bonds is 1. The van der Waals surface area contributed by atoms with Crippen molar-refractivity contribution in [2.45, 2.75) is 12.0 Å². The highest BCUT2D eigenvalue weighted by Crippen LogP contribution is 2.27. The minimum atomic E-state index is -0.390. The number of carbonyl (C=O) groups is 1. The van der Waals surface area contributed by atoms with Crippen LogP contribution >= 0.6 is 12.4 Å². The molecule has 74 valence electrons. The van der Waals surface area contributed by atoms with Crippen LogP contribution in [-0.2, 0) is 14.4 Å². The summed E-state index contributed by atoms with van der Waals surface area (Å²) in [6.07, 6.45) is 0.562. The molecule has 0 aliphatic carbocycles.